The van der Waals surface area contributed by atoms with Crippen molar-refractivity contribution in [2.24, 2.45) is 0 Å². The van der Waals surface area contributed by atoms with Crippen molar-refractivity contribution < 1.29 is 23.8 Å². The number of ether oxygens (including phenoxy) is 3. The fraction of sp³-hybridized carbons (Fsp3) is 0.758. The number of hydrogen-bond donors (Lipinski definition) is 0. The van der Waals surface area contributed by atoms with Crippen molar-refractivity contribution >= 4 is 11.9 Å². The quantitative estimate of drug-likeness (QED) is 0.0712. The van der Waals surface area contributed by atoms with Crippen LogP contribution in [-0.2, 0) is 14.3 Å². The smallest absolute Gasteiger partial charge is 0.311 e. The lowest BCUT2D eigenvalue weighted by Gasteiger charge is -2.10. The molecule has 0 aromatic heterocycles. The molecule has 1 rings (SSSR count). The highest BCUT2D eigenvalue weighted by atomic mass is 16.5. The summed E-state index contributed by atoms with van der Waals surface area (Å²) < 4.78 is 16.4. The molecule has 0 radical (unpaired) electrons. The molecule has 0 bridgehead atoms. The summed E-state index contributed by atoms with van der Waals surface area (Å²) in [6.07, 6.45) is 22.7. The third kappa shape index (κ3) is 21.0. The number of esters is 2. The van der Waals surface area contributed by atoms with Crippen molar-refractivity contribution in [3.05, 3.63) is 24.3 Å². The maximum atomic E-state index is 12.0. The molecule has 1 aromatic carbocycles. The molecule has 1 aromatic rings. The van der Waals surface area contributed by atoms with Crippen molar-refractivity contribution in [3.8, 4) is 11.5 Å². The summed E-state index contributed by atoms with van der Waals surface area (Å²) in [7, 11) is 0. The molecule has 38 heavy (non-hydrogen) atoms. The molecule has 5 nitrogen and oxygen atoms in total. The van der Waals surface area contributed by atoms with E-state index in [9.17, 15) is 9.59 Å². The minimum atomic E-state index is -0.196. The number of carbonyl (C=O) groups excluding carboxylic acids is 2. The first-order chi connectivity index (χ1) is 18.5. The molecule has 0 atom stereocenters. The summed E-state index contributed by atoms with van der Waals surface area (Å²) in [5, 5.41) is 0. The molecule has 0 N–H and O–H groups in total. The second-order valence-electron chi connectivity index (χ2n) is 10.8. The van der Waals surface area contributed by atoms with Gasteiger partial charge in [-0.1, -0.05) is 103 Å². The Morgan fingerprint density at radius 1 is 0.579 bits per heavy atom. The van der Waals surface area contributed by atoms with E-state index in [0.717, 1.165) is 57.1 Å². The molecule has 0 amide bonds. The average molecular weight is 533 g/mol. The van der Waals surface area contributed by atoms with Gasteiger partial charge in [-0.15, -0.1) is 0 Å². The average Bonchev–Trinajstić information content (AvgIpc) is 2.89. The largest absolute Gasteiger partial charge is 0.491 e. The van der Waals surface area contributed by atoms with Crippen LogP contribution >= 0.6 is 0 Å². The van der Waals surface area contributed by atoms with Gasteiger partial charge >= 0.3 is 11.9 Å². The van der Waals surface area contributed by atoms with E-state index < -0.39 is 0 Å². The van der Waals surface area contributed by atoms with Crippen LogP contribution in [0.1, 0.15) is 149 Å². The molecule has 0 saturated heterocycles. The first-order valence-electron chi connectivity index (χ1n) is 15.6. The zero-order valence-corrected chi connectivity index (χ0v) is 24.8. The summed E-state index contributed by atoms with van der Waals surface area (Å²) in [6, 6.07) is 7.16. The van der Waals surface area contributed by atoms with E-state index in [1.807, 2.05) is 26.0 Å². The van der Waals surface area contributed by atoms with Crippen LogP contribution in [0.3, 0.4) is 0 Å². The van der Waals surface area contributed by atoms with Crippen LogP contribution in [0.15, 0.2) is 24.3 Å². The maximum absolute atomic E-state index is 12.0. The van der Waals surface area contributed by atoms with Crippen molar-refractivity contribution in [1.82, 2.24) is 0 Å². The Bertz CT molecular complexity index is 698. The van der Waals surface area contributed by atoms with Gasteiger partial charge in [-0.05, 0) is 57.4 Å². The fourth-order valence-corrected chi connectivity index (χ4v) is 4.49. The van der Waals surface area contributed by atoms with Crippen LogP contribution in [0.4, 0.5) is 0 Å². The zero-order valence-electron chi connectivity index (χ0n) is 24.8. The van der Waals surface area contributed by atoms with E-state index in [1.54, 1.807) is 12.1 Å². The lowest BCUT2D eigenvalue weighted by molar-refractivity contribution is -0.144. The fourth-order valence-electron chi connectivity index (χ4n) is 4.49. The van der Waals surface area contributed by atoms with Crippen molar-refractivity contribution in [3.63, 3.8) is 0 Å². The lowest BCUT2D eigenvalue weighted by Crippen LogP contribution is -2.08. The number of hydrogen-bond acceptors (Lipinski definition) is 5. The van der Waals surface area contributed by atoms with E-state index >= 15 is 0 Å². The molecule has 0 aliphatic rings. The Hall–Kier alpha value is -2.04. The van der Waals surface area contributed by atoms with Gasteiger partial charge in [0.05, 0.1) is 12.7 Å². The van der Waals surface area contributed by atoms with Gasteiger partial charge < -0.3 is 14.2 Å². The van der Waals surface area contributed by atoms with E-state index in [-0.39, 0.29) is 18.0 Å². The minimum absolute atomic E-state index is 0.0559. The predicted molar refractivity (Wildman–Crippen MR) is 157 cm³/mol. The highest BCUT2D eigenvalue weighted by molar-refractivity contribution is 5.72. The number of rotatable bonds is 25. The second kappa shape index (κ2) is 24.0. The van der Waals surface area contributed by atoms with Gasteiger partial charge in [0.25, 0.3) is 0 Å². The molecule has 5 heteroatoms. The van der Waals surface area contributed by atoms with Gasteiger partial charge in [-0.25, -0.2) is 0 Å². The van der Waals surface area contributed by atoms with Gasteiger partial charge in [0.1, 0.15) is 11.5 Å². The number of unbranched alkanes of at least 4 members (excludes halogenated alkanes) is 16. The summed E-state index contributed by atoms with van der Waals surface area (Å²) in [6.45, 7) is 6.79. The summed E-state index contributed by atoms with van der Waals surface area (Å²) in [5.41, 5.74) is 0. The first-order valence-corrected chi connectivity index (χ1v) is 15.6. The zero-order chi connectivity index (χ0) is 27.7. The lowest BCUT2D eigenvalue weighted by atomic mass is 10.1. The SMILES string of the molecule is CCCCCCCCCCCCCCOC(=O)CCCCCCCCC(=O)Oc1ccc(OC(C)C)cc1. The monoisotopic (exact) mass is 532 g/mol. The molecule has 0 heterocycles. The standard InChI is InChI=1S/C33H56O5/c1-4-5-6-7-8-9-10-11-12-15-18-21-28-36-32(34)22-19-16-13-14-17-20-23-33(35)38-31-26-24-30(25-27-31)37-29(2)3/h24-27,29H,4-23,28H2,1-3H3. The highest BCUT2D eigenvalue weighted by Gasteiger charge is 2.06. The Kier molecular flexibility index (Phi) is 21.5. The van der Waals surface area contributed by atoms with Gasteiger partial charge in [-0.2, -0.15) is 0 Å². The highest BCUT2D eigenvalue weighted by Crippen LogP contribution is 2.19. The van der Waals surface area contributed by atoms with Crippen LogP contribution in [0.5, 0.6) is 11.5 Å². The molecule has 0 aliphatic carbocycles. The second-order valence-corrected chi connectivity index (χ2v) is 10.8. The Morgan fingerprint density at radius 2 is 1.00 bits per heavy atom. The Morgan fingerprint density at radius 3 is 1.50 bits per heavy atom. The van der Waals surface area contributed by atoms with Crippen LogP contribution < -0.4 is 9.47 Å². The molecule has 0 fully saturated rings. The normalized spacial score (nSPS) is 11.1. The van der Waals surface area contributed by atoms with Gasteiger partial charge in [-0.3, -0.25) is 9.59 Å². The van der Waals surface area contributed by atoms with E-state index in [0.29, 0.717) is 25.2 Å². The van der Waals surface area contributed by atoms with E-state index in [1.165, 1.54) is 64.2 Å². The summed E-state index contributed by atoms with van der Waals surface area (Å²) in [4.78, 5) is 23.9. The molecule has 0 unspecified atom stereocenters. The summed E-state index contributed by atoms with van der Waals surface area (Å²) in [5.74, 6) is 1.07. The number of benzene rings is 1. The third-order valence-electron chi connectivity index (χ3n) is 6.70. The summed E-state index contributed by atoms with van der Waals surface area (Å²) >= 11 is 0. The first kappa shape index (κ1) is 34.0. The van der Waals surface area contributed by atoms with E-state index in [2.05, 4.69) is 6.92 Å². The van der Waals surface area contributed by atoms with Crippen LogP contribution in [0.2, 0.25) is 0 Å². The van der Waals surface area contributed by atoms with Gasteiger partial charge in [0.15, 0.2) is 0 Å². The maximum Gasteiger partial charge on any atom is 0.311 e. The topological polar surface area (TPSA) is 61.8 Å². The van der Waals surface area contributed by atoms with Crippen molar-refractivity contribution in [2.45, 2.75) is 155 Å². The molecular weight excluding hydrogens is 476 g/mol. The van der Waals surface area contributed by atoms with Crippen LogP contribution in [-0.4, -0.2) is 24.6 Å². The molecule has 218 valence electrons. The molecule has 0 spiro atoms. The van der Waals surface area contributed by atoms with Crippen LogP contribution in [0.25, 0.3) is 0 Å². The van der Waals surface area contributed by atoms with Crippen LogP contribution in [0, 0.1) is 0 Å². The Labute approximate surface area is 233 Å². The van der Waals surface area contributed by atoms with E-state index in [4.69, 9.17) is 14.2 Å². The predicted octanol–water partition coefficient (Wildman–Crippen LogP) is 9.74. The van der Waals surface area contributed by atoms with Gasteiger partial charge in [0, 0.05) is 12.8 Å². The minimum Gasteiger partial charge on any atom is -0.491 e. The molecule has 0 aliphatic heterocycles. The Balaban J connectivity index is 1.85. The number of carbonyl (C=O) groups is 2. The third-order valence-corrected chi connectivity index (χ3v) is 6.70. The molecule has 0 saturated carbocycles. The van der Waals surface area contributed by atoms with Crippen molar-refractivity contribution in [2.75, 3.05) is 6.61 Å². The molecular formula is C33H56O5. The van der Waals surface area contributed by atoms with Gasteiger partial charge in [0.2, 0.25) is 0 Å². The van der Waals surface area contributed by atoms with Crippen molar-refractivity contribution in [1.29, 1.82) is 0 Å².